The molecule has 1 aromatic heterocycles. The molecule has 1 aromatic rings. The fourth-order valence-corrected chi connectivity index (χ4v) is 1.31. The highest BCUT2D eigenvalue weighted by Crippen LogP contribution is 2.26. The van der Waals surface area contributed by atoms with Gasteiger partial charge < -0.3 is 4.90 Å². The summed E-state index contributed by atoms with van der Waals surface area (Å²) in [6, 6.07) is 0.134. The molecule has 0 aliphatic rings. The number of anilines is 2. The normalized spacial score (nSPS) is 12.0. The molecule has 0 aromatic carbocycles. The molecule has 8 heteroatoms. The summed E-state index contributed by atoms with van der Waals surface area (Å²) in [5.41, 5.74) is 2.14. The van der Waals surface area contributed by atoms with E-state index < -0.39 is 4.92 Å². The zero-order valence-corrected chi connectivity index (χ0v) is 10.0. The Balaban J connectivity index is 3.21. The third kappa shape index (κ3) is 2.78. The van der Waals surface area contributed by atoms with E-state index in [-0.39, 0.29) is 23.5 Å². The number of nitrogen functional groups attached to an aromatic ring is 1. The van der Waals surface area contributed by atoms with Crippen molar-refractivity contribution in [2.24, 2.45) is 5.84 Å². The van der Waals surface area contributed by atoms with Gasteiger partial charge in [-0.25, -0.2) is 10.8 Å². The minimum atomic E-state index is -0.505. The van der Waals surface area contributed by atoms with E-state index in [1.54, 1.807) is 11.9 Å². The predicted octanol–water partition coefficient (Wildman–Crippen LogP) is 0.905. The summed E-state index contributed by atoms with van der Waals surface area (Å²) in [5, 5.41) is 10.9. The zero-order valence-electron chi connectivity index (χ0n) is 10.0. The fraction of sp³-hybridized carbons (Fsp3) is 0.556. The van der Waals surface area contributed by atoms with E-state index in [9.17, 15) is 10.1 Å². The standard InChI is InChI=1S/C9H16N6O2/c1-4-6(2)14(3)8-7(15(16)17)5-11-9(12-8)13-10/h5-6H,4,10H2,1-3H3,(H,11,12,13). The molecule has 0 spiro atoms. The SMILES string of the molecule is CCC(C)N(C)c1nc(NN)ncc1[N+](=O)[O-]. The first kappa shape index (κ1) is 13.1. The van der Waals surface area contributed by atoms with Crippen molar-refractivity contribution in [3.63, 3.8) is 0 Å². The Bertz CT molecular complexity index is 410. The van der Waals surface area contributed by atoms with Crippen LogP contribution in [0.15, 0.2) is 6.20 Å². The largest absolute Gasteiger partial charge is 0.351 e. The molecule has 0 saturated heterocycles. The van der Waals surface area contributed by atoms with Crippen LogP contribution in [0.3, 0.4) is 0 Å². The molecule has 0 bridgehead atoms. The highest BCUT2D eigenvalue weighted by Gasteiger charge is 2.22. The van der Waals surface area contributed by atoms with Crippen LogP contribution >= 0.6 is 0 Å². The van der Waals surface area contributed by atoms with Gasteiger partial charge in [-0.15, -0.1) is 0 Å². The van der Waals surface area contributed by atoms with Crippen LogP contribution in [-0.2, 0) is 0 Å². The molecule has 0 aliphatic carbocycles. The molecule has 0 amide bonds. The first-order chi connectivity index (χ1) is 8.01. The highest BCUT2D eigenvalue weighted by molar-refractivity contribution is 5.58. The molecule has 17 heavy (non-hydrogen) atoms. The first-order valence-corrected chi connectivity index (χ1v) is 5.22. The van der Waals surface area contributed by atoms with E-state index in [4.69, 9.17) is 5.84 Å². The maximum atomic E-state index is 10.9. The Morgan fingerprint density at radius 1 is 1.71 bits per heavy atom. The summed E-state index contributed by atoms with van der Waals surface area (Å²) in [6.45, 7) is 3.96. The molecule has 0 radical (unpaired) electrons. The van der Waals surface area contributed by atoms with Gasteiger partial charge in [0.15, 0.2) is 0 Å². The topological polar surface area (TPSA) is 110 Å². The van der Waals surface area contributed by atoms with Crippen LogP contribution < -0.4 is 16.2 Å². The van der Waals surface area contributed by atoms with Crippen molar-refractivity contribution in [3.8, 4) is 0 Å². The Morgan fingerprint density at radius 3 is 2.82 bits per heavy atom. The minimum absolute atomic E-state index is 0.133. The summed E-state index contributed by atoms with van der Waals surface area (Å²) in [7, 11) is 1.75. The molecule has 1 atom stereocenters. The van der Waals surface area contributed by atoms with Gasteiger partial charge in [-0.1, -0.05) is 6.92 Å². The van der Waals surface area contributed by atoms with Crippen molar-refractivity contribution in [2.45, 2.75) is 26.3 Å². The number of nitro groups is 1. The highest BCUT2D eigenvalue weighted by atomic mass is 16.6. The number of hydrazine groups is 1. The van der Waals surface area contributed by atoms with Gasteiger partial charge in [-0.2, -0.15) is 4.98 Å². The van der Waals surface area contributed by atoms with Crippen LogP contribution in [0.2, 0.25) is 0 Å². The van der Waals surface area contributed by atoms with Gasteiger partial charge in [0.05, 0.1) is 4.92 Å². The maximum absolute atomic E-state index is 10.9. The average molecular weight is 240 g/mol. The lowest BCUT2D eigenvalue weighted by Crippen LogP contribution is -2.30. The number of hydrogen-bond donors (Lipinski definition) is 2. The number of hydrogen-bond acceptors (Lipinski definition) is 7. The Kier molecular flexibility index (Phi) is 4.16. The second kappa shape index (κ2) is 5.39. The molecule has 3 N–H and O–H groups in total. The molecule has 1 rings (SSSR count). The van der Waals surface area contributed by atoms with E-state index in [2.05, 4.69) is 15.4 Å². The average Bonchev–Trinajstić information content (AvgIpc) is 2.35. The molecular weight excluding hydrogens is 224 g/mol. The number of nitrogens with two attached hydrogens (primary N) is 1. The number of rotatable bonds is 5. The summed E-state index contributed by atoms with van der Waals surface area (Å²) in [4.78, 5) is 19.9. The van der Waals surface area contributed by atoms with E-state index in [0.717, 1.165) is 12.6 Å². The third-order valence-electron chi connectivity index (χ3n) is 2.66. The van der Waals surface area contributed by atoms with E-state index in [1.165, 1.54) is 0 Å². The summed E-state index contributed by atoms with van der Waals surface area (Å²) >= 11 is 0. The lowest BCUT2D eigenvalue weighted by Gasteiger charge is -2.24. The van der Waals surface area contributed by atoms with Crippen molar-refractivity contribution in [1.82, 2.24) is 9.97 Å². The van der Waals surface area contributed by atoms with Crippen LogP contribution in [0.5, 0.6) is 0 Å². The number of aromatic nitrogens is 2. The molecule has 8 nitrogen and oxygen atoms in total. The Hall–Kier alpha value is -1.96. The smallest absolute Gasteiger partial charge is 0.329 e. The van der Waals surface area contributed by atoms with Gasteiger partial charge in [-0.05, 0) is 13.3 Å². The number of nitrogens with one attached hydrogen (secondary N) is 1. The van der Waals surface area contributed by atoms with E-state index in [0.29, 0.717) is 0 Å². The lowest BCUT2D eigenvalue weighted by molar-refractivity contribution is -0.384. The predicted molar refractivity (Wildman–Crippen MR) is 64.7 cm³/mol. The van der Waals surface area contributed by atoms with E-state index in [1.807, 2.05) is 13.8 Å². The number of nitrogens with zero attached hydrogens (tertiary/aromatic N) is 4. The second-order valence-corrected chi connectivity index (χ2v) is 3.67. The zero-order chi connectivity index (χ0) is 13.0. The van der Waals surface area contributed by atoms with Gasteiger partial charge >= 0.3 is 5.69 Å². The second-order valence-electron chi connectivity index (χ2n) is 3.67. The van der Waals surface area contributed by atoms with Crippen LogP contribution in [0.1, 0.15) is 20.3 Å². The Morgan fingerprint density at radius 2 is 2.35 bits per heavy atom. The molecule has 1 unspecified atom stereocenters. The van der Waals surface area contributed by atoms with Crippen LogP contribution in [0, 0.1) is 10.1 Å². The third-order valence-corrected chi connectivity index (χ3v) is 2.66. The van der Waals surface area contributed by atoms with Gasteiger partial charge in [-0.3, -0.25) is 15.5 Å². The van der Waals surface area contributed by atoms with Crippen molar-refractivity contribution in [1.29, 1.82) is 0 Å². The quantitative estimate of drug-likeness (QED) is 0.447. The molecular formula is C9H16N6O2. The van der Waals surface area contributed by atoms with Gasteiger partial charge in [0, 0.05) is 13.1 Å². The summed E-state index contributed by atoms with van der Waals surface area (Å²) in [5.74, 6) is 5.60. The minimum Gasteiger partial charge on any atom is -0.351 e. The first-order valence-electron chi connectivity index (χ1n) is 5.22. The van der Waals surface area contributed by atoms with E-state index >= 15 is 0 Å². The van der Waals surface area contributed by atoms with Crippen molar-refractivity contribution in [3.05, 3.63) is 16.3 Å². The summed E-state index contributed by atoms with van der Waals surface area (Å²) in [6.07, 6.45) is 2.00. The fourth-order valence-electron chi connectivity index (χ4n) is 1.31. The van der Waals surface area contributed by atoms with Crippen LogP contribution in [0.25, 0.3) is 0 Å². The molecule has 1 heterocycles. The maximum Gasteiger partial charge on any atom is 0.329 e. The van der Waals surface area contributed by atoms with Crippen molar-refractivity contribution in [2.75, 3.05) is 17.4 Å². The molecule has 0 aliphatic heterocycles. The van der Waals surface area contributed by atoms with Crippen LogP contribution in [0.4, 0.5) is 17.5 Å². The van der Waals surface area contributed by atoms with Gasteiger partial charge in [0.1, 0.15) is 6.20 Å². The molecule has 0 fully saturated rings. The molecule has 0 saturated carbocycles. The summed E-state index contributed by atoms with van der Waals surface area (Å²) < 4.78 is 0. The Labute approximate surface area is 99.0 Å². The van der Waals surface area contributed by atoms with Crippen molar-refractivity contribution < 1.29 is 4.92 Å². The van der Waals surface area contributed by atoms with Crippen molar-refractivity contribution >= 4 is 17.5 Å². The molecule has 94 valence electrons. The lowest BCUT2D eigenvalue weighted by atomic mass is 10.2. The van der Waals surface area contributed by atoms with Gasteiger partial charge in [0.2, 0.25) is 11.8 Å². The monoisotopic (exact) mass is 240 g/mol. The van der Waals surface area contributed by atoms with Crippen LogP contribution in [-0.4, -0.2) is 28.0 Å². The van der Waals surface area contributed by atoms with Gasteiger partial charge in [0.25, 0.3) is 0 Å².